The third-order valence-corrected chi connectivity index (χ3v) is 5.83. The maximum Gasteiger partial charge on any atom is 0.454 e. The summed E-state index contributed by atoms with van der Waals surface area (Å²) in [5.74, 6) is -6.45. The molecule has 324 valence electrons. The highest BCUT2D eigenvalue weighted by molar-refractivity contribution is 6.07. The quantitative estimate of drug-likeness (QED) is 0.117. The van der Waals surface area contributed by atoms with Crippen molar-refractivity contribution in [2.45, 2.75) is 44.0 Å². The number of aromatic nitrogens is 6. The first-order valence-electron chi connectivity index (χ1n) is 14.3. The summed E-state index contributed by atoms with van der Waals surface area (Å²) >= 11 is 0. The van der Waals surface area contributed by atoms with E-state index in [1.807, 2.05) is 0 Å². The number of aliphatic hydroxyl groups is 1. The second kappa shape index (κ2) is 19.5. The summed E-state index contributed by atoms with van der Waals surface area (Å²) in [5.41, 5.74) is -6.49. The number of aliphatic imine (C=N–C) groups is 1. The molecule has 1 N–H and O–H groups in total. The topological polar surface area (TPSA) is 170 Å². The third-order valence-electron chi connectivity index (χ3n) is 5.83. The van der Waals surface area contributed by atoms with Gasteiger partial charge in [0.25, 0.3) is 5.78 Å². The zero-order chi connectivity index (χ0) is 45.9. The summed E-state index contributed by atoms with van der Waals surface area (Å²) in [6.07, 6.45) is -26.5. The molecular formula is C29H17F18N7O5. The van der Waals surface area contributed by atoms with Gasteiger partial charge in [-0.05, 0) is 18.2 Å². The number of nitrogens with zero attached hydrogens (tertiary/aromatic N) is 7. The first kappa shape index (κ1) is 50.8. The number of halogens is 18. The molecule has 0 saturated heterocycles. The van der Waals surface area contributed by atoms with Gasteiger partial charge in [-0.1, -0.05) is 0 Å². The molecule has 3 aromatic rings. The van der Waals surface area contributed by atoms with Gasteiger partial charge >= 0.3 is 43.0 Å². The predicted octanol–water partition coefficient (Wildman–Crippen LogP) is 7.84. The predicted molar refractivity (Wildman–Crippen MR) is 157 cm³/mol. The van der Waals surface area contributed by atoms with Crippen LogP contribution < -0.4 is 0 Å². The molecular weight excluding hydrogens is 868 g/mol. The Morgan fingerprint density at radius 1 is 0.610 bits per heavy atom. The van der Waals surface area contributed by atoms with Gasteiger partial charge in [0, 0.05) is 24.6 Å². The summed E-state index contributed by atoms with van der Waals surface area (Å²) < 4.78 is 220. The Balaban J connectivity index is 0.000000413. The monoisotopic (exact) mass is 885 g/mol. The van der Waals surface area contributed by atoms with Crippen molar-refractivity contribution in [1.82, 2.24) is 29.9 Å². The first-order chi connectivity index (χ1) is 26.6. The number of ketones is 2. The minimum Gasteiger partial charge on any atom is -0.506 e. The number of hydrogen-bond acceptors (Lipinski definition) is 12. The molecule has 0 unspecified atom stereocenters. The highest BCUT2D eigenvalue weighted by Crippen LogP contribution is 2.32. The van der Waals surface area contributed by atoms with Crippen molar-refractivity contribution in [2.75, 3.05) is 13.7 Å². The highest BCUT2D eigenvalue weighted by Gasteiger charge is 2.39. The molecule has 3 aromatic heterocycles. The van der Waals surface area contributed by atoms with Gasteiger partial charge in [-0.15, -0.1) is 0 Å². The van der Waals surface area contributed by atoms with E-state index < -0.39 is 94.5 Å². The standard InChI is InChI=1S/C10H5F6N3.C9H4F6N2O2.C7H5F3N2O2.C3H3F3O/c11-9(12,13)7-1-5(3-17-7)6-2-8(10(14,15)16)19-4-18-6;10-8(11,12)6-1-4(16-3-17-6)5(18)2-7(19)9(13,14)15;1-14-6(13)4-2-5(7(8,9)10)12-3-11-4;1-2(7)3(4,5)6/h1-2,4H,3H2;1-3,18H;2-3H,1H3;1H3. The number of ether oxygens (including phenoxy) is 1. The van der Waals surface area contributed by atoms with E-state index in [1.54, 1.807) is 0 Å². The number of alkyl halides is 18. The van der Waals surface area contributed by atoms with Gasteiger partial charge in [-0.2, -0.15) is 79.0 Å². The number of allylic oxidation sites excluding steroid dienone is 2. The molecule has 1 aliphatic heterocycles. The number of hydrogen-bond donors (Lipinski definition) is 1. The Labute approximate surface area is 314 Å². The molecule has 59 heavy (non-hydrogen) atoms. The highest BCUT2D eigenvalue weighted by atomic mass is 19.4. The number of methoxy groups -OCH3 is 1. The van der Waals surface area contributed by atoms with E-state index in [0.717, 1.165) is 7.11 Å². The van der Waals surface area contributed by atoms with E-state index in [1.165, 1.54) is 0 Å². The lowest BCUT2D eigenvalue weighted by Gasteiger charge is -2.06. The SMILES string of the molecule is CC(=O)C(F)(F)F.COC(=O)c1cc(C(F)(F)F)ncn1.FC(F)(F)C1=NCC(c2cc(C(F)(F)F)ncn2)=C1.O=C(C=C(O)c1cc(C(F)(F)F)ncn1)C(F)(F)F. The minimum atomic E-state index is -5.24. The number of carbonyl (C=O) groups is 3. The van der Waals surface area contributed by atoms with Crippen LogP contribution in [0.1, 0.15) is 45.9 Å². The van der Waals surface area contributed by atoms with Crippen LogP contribution in [0, 0.1) is 0 Å². The first-order valence-corrected chi connectivity index (χ1v) is 14.3. The Morgan fingerprint density at radius 2 is 1.02 bits per heavy atom. The fourth-order valence-corrected chi connectivity index (χ4v) is 3.10. The molecule has 0 spiro atoms. The van der Waals surface area contributed by atoms with Crippen molar-refractivity contribution in [3.8, 4) is 0 Å². The van der Waals surface area contributed by atoms with Crippen LogP contribution in [0.25, 0.3) is 11.3 Å². The zero-order valence-corrected chi connectivity index (χ0v) is 28.3. The lowest BCUT2D eigenvalue weighted by molar-refractivity contribution is -0.168. The van der Waals surface area contributed by atoms with Gasteiger partial charge in [0.05, 0.1) is 19.3 Å². The van der Waals surface area contributed by atoms with Crippen LogP contribution in [0.2, 0.25) is 0 Å². The minimum absolute atomic E-state index is 0.0276. The van der Waals surface area contributed by atoms with Crippen molar-refractivity contribution < 1.29 is 103 Å². The maximum absolute atomic E-state index is 12.4. The van der Waals surface area contributed by atoms with Gasteiger partial charge in [0.15, 0.2) is 5.69 Å². The van der Waals surface area contributed by atoms with E-state index in [0.29, 0.717) is 44.1 Å². The van der Waals surface area contributed by atoms with Crippen LogP contribution in [0.3, 0.4) is 0 Å². The van der Waals surface area contributed by atoms with Crippen LogP contribution in [0.5, 0.6) is 0 Å². The Kier molecular flexibility index (Phi) is 16.7. The summed E-state index contributed by atoms with van der Waals surface area (Å²) in [4.78, 5) is 52.7. The van der Waals surface area contributed by atoms with Crippen LogP contribution >= 0.6 is 0 Å². The van der Waals surface area contributed by atoms with Gasteiger partial charge < -0.3 is 9.84 Å². The average Bonchev–Trinajstić information content (AvgIpc) is 3.62. The lowest BCUT2D eigenvalue weighted by atomic mass is 10.1. The largest absolute Gasteiger partial charge is 0.506 e. The van der Waals surface area contributed by atoms with Crippen LogP contribution in [-0.2, 0) is 32.9 Å². The lowest BCUT2D eigenvalue weighted by Crippen LogP contribution is -2.20. The summed E-state index contributed by atoms with van der Waals surface area (Å²) in [6.45, 7) is 0.128. The molecule has 12 nitrogen and oxygen atoms in total. The Bertz CT molecular complexity index is 1990. The van der Waals surface area contributed by atoms with E-state index in [9.17, 15) is 93.4 Å². The summed E-state index contributed by atoms with van der Waals surface area (Å²) in [5, 5.41) is 9.13. The zero-order valence-electron chi connectivity index (χ0n) is 28.3. The van der Waals surface area contributed by atoms with Gasteiger partial charge in [-0.25, -0.2) is 34.7 Å². The number of aliphatic hydroxyl groups excluding tert-OH is 1. The van der Waals surface area contributed by atoms with E-state index >= 15 is 0 Å². The van der Waals surface area contributed by atoms with Crippen LogP contribution in [0.4, 0.5) is 79.0 Å². The van der Waals surface area contributed by atoms with Crippen molar-refractivity contribution in [2.24, 2.45) is 4.99 Å². The van der Waals surface area contributed by atoms with Gasteiger partial charge in [0.1, 0.15) is 53.2 Å². The van der Waals surface area contributed by atoms with E-state index in [-0.39, 0.29) is 30.0 Å². The fraction of sp³-hybridized carbons (Fsp3) is 0.310. The molecule has 4 heterocycles. The second-order valence-electron chi connectivity index (χ2n) is 10.2. The molecule has 1 aliphatic rings. The molecule has 0 amide bonds. The van der Waals surface area contributed by atoms with Crippen molar-refractivity contribution in [3.63, 3.8) is 0 Å². The molecule has 4 rings (SSSR count). The normalized spacial score (nSPS) is 13.6. The van der Waals surface area contributed by atoms with Crippen molar-refractivity contribution in [3.05, 3.63) is 83.5 Å². The van der Waals surface area contributed by atoms with Gasteiger partial charge in [-0.3, -0.25) is 14.6 Å². The Hall–Kier alpha value is -6.26. The van der Waals surface area contributed by atoms with E-state index in [2.05, 4.69) is 39.6 Å². The number of carbonyl (C=O) groups excluding carboxylic acids is 3. The van der Waals surface area contributed by atoms with Crippen LogP contribution in [0.15, 0.2) is 54.3 Å². The average molecular weight is 885 g/mol. The van der Waals surface area contributed by atoms with Gasteiger partial charge in [0.2, 0.25) is 5.78 Å². The Morgan fingerprint density at radius 3 is 1.39 bits per heavy atom. The number of esters is 1. The maximum atomic E-state index is 12.4. The van der Waals surface area contributed by atoms with E-state index in [4.69, 9.17) is 5.11 Å². The molecule has 30 heteroatoms. The molecule has 0 aromatic carbocycles. The smallest absolute Gasteiger partial charge is 0.454 e. The third kappa shape index (κ3) is 17.0. The van der Waals surface area contributed by atoms with Crippen LogP contribution in [-0.4, -0.2) is 90.4 Å². The fourth-order valence-electron chi connectivity index (χ4n) is 3.10. The molecule has 0 atom stereocenters. The van der Waals surface area contributed by atoms with Crippen molar-refractivity contribution >= 4 is 34.6 Å². The summed E-state index contributed by atoms with van der Waals surface area (Å²) in [7, 11) is 1.05. The molecule has 0 radical (unpaired) electrons. The molecule has 0 bridgehead atoms. The molecule has 0 aliphatic carbocycles. The number of rotatable bonds is 4. The molecule has 0 fully saturated rings. The second-order valence-corrected chi connectivity index (χ2v) is 10.2. The molecule has 0 saturated carbocycles. The summed E-state index contributed by atoms with van der Waals surface area (Å²) in [6, 6.07) is 1.35. The number of Topliss-reactive ketones (excluding diaryl/α,β-unsaturated/α-hetero) is 1. The van der Waals surface area contributed by atoms with Crippen molar-refractivity contribution in [1.29, 1.82) is 0 Å².